The summed E-state index contributed by atoms with van der Waals surface area (Å²) in [4.78, 5) is 29.3. The number of aliphatic hydroxyl groups excluding tert-OH is 3. The summed E-state index contributed by atoms with van der Waals surface area (Å²) in [5.41, 5.74) is 8.34. The second-order valence-corrected chi connectivity index (χ2v) is 11.4. The van der Waals surface area contributed by atoms with E-state index in [9.17, 15) is 34.4 Å². The molecule has 1 fully saturated rings. The maximum absolute atomic E-state index is 12.4. The number of rotatable bonds is 13. The lowest BCUT2D eigenvalue weighted by molar-refractivity contribution is -0.124. The minimum absolute atomic E-state index is 0.0254. The van der Waals surface area contributed by atoms with Crippen LogP contribution in [0.15, 0.2) is 72.8 Å². The van der Waals surface area contributed by atoms with Crippen molar-refractivity contribution in [1.82, 2.24) is 15.2 Å². The van der Waals surface area contributed by atoms with E-state index in [1.807, 2.05) is 55.5 Å². The van der Waals surface area contributed by atoms with Crippen molar-refractivity contribution in [3.05, 3.63) is 113 Å². The first kappa shape index (κ1) is 34.4. The summed E-state index contributed by atoms with van der Waals surface area (Å²) >= 11 is 0. The molecule has 3 aromatic carbocycles. The summed E-state index contributed by atoms with van der Waals surface area (Å²) in [5, 5.41) is 44.3. The van der Waals surface area contributed by atoms with Crippen LogP contribution >= 0.6 is 0 Å². The molecule has 5 rings (SSSR count). The Labute approximate surface area is 266 Å². The highest BCUT2D eigenvalue weighted by Gasteiger charge is 2.38. The molecule has 4 aromatic rings. The van der Waals surface area contributed by atoms with Gasteiger partial charge in [0.15, 0.2) is 0 Å². The molecule has 0 aliphatic carbocycles. The number of primary amides is 1. The first-order valence-electron chi connectivity index (χ1n) is 15.1. The molecule has 1 saturated heterocycles. The monoisotopic (exact) mass is 633 g/mol. The molecule has 7 N–H and O–H groups in total. The third kappa shape index (κ3) is 8.82. The molecule has 2 heterocycles. The fourth-order valence-electron chi connectivity index (χ4n) is 5.02. The van der Waals surface area contributed by atoms with E-state index in [1.54, 1.807) is 17.0 Å². The summed E-state index contributed by atoms with van der Waals surface area (Å²) in [6, 6.07) is 21.5. The number of aromatic nitrogens is 3. The van der Waals surface area contributed by atoms with Gasteiger partial charge in [-0.15, -0.1) is 5.10 Å². The predicted octanol–water partition coefficient (Wildman–Crippen LogP) is 3.08. The van der Waals surface area contributed by atoms with Gasteiger partial charge in [-0.3, -0.25) is 14.7 Å². The summed E-state index contributed by atoms with van der Waals surface area (Å²) < 4.78 is 12.4. The zero-order valence-electron chi connectivity index (χ0n) is 25.6. The second-order valence-electron chi connectivity index (χ2n) is 11.4. The summed E-state index contributed by atoms with van der Waals surface area (Å²) in [5.74, 6) is -0.319. The van der Waals surface area contributed by atoms with Gasteiger partial charge in [-0.2, -0.15) is 0 Å². The highest BCUT2D eigenvalue weighted by Crippen LogP contribution is 2.39. The quantitative estimate of drug-likeness (QED) is 0.121. The van der Waals surface area contributed by atoms with Crippen molar-refractivity contribution in [3.63, 3.8) is 0 Å². The maximum Gasteiger partial charge on any atom is 0.288 e. The largest absolute Gasteiger partial charge is 0.393 e. The third-order valence-corrected chi connectivity index (χ3v) is 8.04. The van der Waals surface area contributed by atoms with Crippen molar-refractivity contribution >= 4 is 17.5 Å². The van der Waals surface area contributed by atoms with E-state index >= 15 is 0 Å². The predicted molar refractivity (Wildman–Crippen MR) is 169 cm³/mol. The van der Waals surface area contributed by atoms with Crippen LogP contribution in [0.4, 0.5) is 10.1 Å². The van der Waals surface area contributed by atoms with E-state index in [-0.39, 0.29) is 30.0 Å². The van der Waals surface area contributed by atoms with Crippen LogP contribution in [-0.4, -0.2) is 66.2 Å². The molecule has 1 aliphatic rings. The molecule has 2 atom stereocenters. The molecule has 0 spiro atoms. The van der Waals surface area contributed by atoms with Gasteiger partial charge in [0, 0.05) is 12.1 Å². The Morgan fingerprint density at radius 3 is 2.15 bits per heavy atom. The van der Waals surface area contributed by atoms with Crippen LogP contribution in [0.5, 0.6) is 0 Å². The van der Waals surface area contributed by atoms with Crippen molar-refractivity contribution in [2.24, 2.45) is 5.73 Å². The number of halogens is 1. The number of benzene rings is 3. The molecular formula is C34H40FN5O6. The topological polar surface area (TPSA) is 186 Å². The van der Waals surface area contributed by atoms with Crippen LogP contribution in [0.2, 0.25) is 0 Å². The summed E-state index contributed by atoms with van der Waals surface area (Å²) in [7, 11) is 0. The smallest absolute Gasteiger partial charge is 0.288 e. The average Bonchev–Trinajstić information content (AvgIpc) is 3.56. The van der Waals surface area contributed by atoms with Crippen LogP contribution < -0.4 is 10.6 Å². The van der Waals surface area contributed by atoms with Crippen LogP contribution in [0, 0.1) is 5.82 Å². The maximum atomic E-state index is 12.4. The molecule has 46 heavy (non-hydrogen) atoms. The van der Waals surface area contributed by atoms with Gasteiger partial charge >= 0.3 is 0 Å². The number of H-pyrrole nitrogens is 1. The van der Waals surface area contributed by atoms with E-state index in [4.69, 9.17) is 5.73 Å². The number of nitrogens with one attached hydrogen (secondary N) is 1. The number of nitrogens with zero attached hydrogens (tertiary/aromatic N) is 3. The van der Waals surface area contributed by atoms with Crippen LogP contribution in [0.25, 0.3) is 0 Å². The van der Waals surface area contributed by atoms with Gasteiger partial charge in [0.2, 0.25) is 11.7 Å². The Balaban J connectivity index is 0.000000369. The van der Waals surface area contributed by atoms with Gasteiger partial charge in [-0.1, -0.05) is 55.5 Å². The fourth-order valence-corrected chi connectivity index (χ4v) is 5.02. The van der Waals surface area contributed by atoms with Crippen molar-refractivity contribution in [1.29, 1.82) is 0 Å². The Bertz CT molecular complexity index is 1570. The number of aromatic amines is 1. The number of aliphatic hydroxyl groups is 4. The molecule has 1 aliphatic heterocycles. The third-order valence-electron chi connectivity index (χ3n) is 8.04. The van der Waals surface area contributed by atoms with Crippen molar-refractivity contribution in [3.8, 4) is 0 Å². The number of carbonyl (C=O) groups is 2. The van der Waals surface area contributed by atoms with E-state index < -0.39 is 30.8 Å². The number of nitrogens with two attached hydrogens (primary N) is 1. The van der Waals surface area contributed by atoms with Gasteiger partial charge in [-0.05, 0) is 72.2 Å². The number of amides is 2. The molecule has 2 unspecified atom stereocenters. The van der Waals surface area contributed by atoms with E-state index in [2.05, 4.69) is 15.2 Å². The minimum Gasteiger partial charge on any atom is -0.393 e. The number of β-lactam (4-membered cyclic amide) rings is 1. The standard InChI is InChI=1S/C25H29N5O5.C9H11FO/c26-23(34)24-27-21(28-29-24)10-5-16-3-8-19(9-4-16)30-20(13-22(30)33)18-6-1-17(2-7-18)11-12-25(35,14-31)15-32;1-2-9(11)7-3-5-8(10)6-4-7/h1-4,6-9,20,31-32,35H,5,10-15H2,(H2,26,34)(H,27,28,29);3-6,9,11H,2H2,1H3. The lowest BCUT2D eigenvalue weighted by Crippen LogP contribution is -2.46. The Morgan fingerprint density at radius 1 is 1.00 bits per heavy atom. The number of anilines is 1. The minimum atomic E-state index is -1.48. The summed E-state index contributed by atoms with van der Waals surface area (Å²) in [6.45, 7) is 0.902. The van der Waals surface area contributed by atoms with Crippen LogP contribution in [0.1, 0.15) is 77.0 Å². The van der Waals surface area contributed by atoms with Gasteiger partial charge in [-0.25, -0.2) is 9.37 Å². The molecule has 11 nitrogen and oxygen atoms in total. The lowest BCUT2D eigenvalue weighted by Gasteiger charge is -2.41. The van der Waals surface area contributed by atoms with Crippen LogP contribution in [0.3, 0.4) is 0 Å². The van der Waals surface area contributed by atoms with Crippen molar-refractivity contribution in [2.45, 2.75) is 63.2 Å². The zero-order valence-corrected chi connectivity index (χ0v) is 25.6. The van der Waals surface area contributed by atoms with E-state index in [1.165, 1.54) is 12.1 Å². The summed E-state index contributed by atoms with van der Waals surface area (Å²) in [6.07, 6.45) is 2.66. The van der Waals surface area contributed by atoms with Gasteiger partial charge in [0.05, 0.1) is 31.8 Å². The molecule has 1 aromatic heterocycles. The molecule has 0 saturated carbocycles. The number of aryl methyl sites for hydroxylation is 3. The van der Waals surface area contributed by atoms with E-state index in [0.29, 0.717) is 37.9 Å². The zero-order chi connectivity index (χ0) is 33.3. The van der Waals surface area contributed by atoms with Crippen LogP contribution in [-0.2, 0) is 24.1 Å². The van der Waals surface area contributed by atoms with Gasteiger partial charge < -0.3 is 31.1 Å². The van der Waals surface area contributed by atoms with Crippen molar-refractivity contribution in [2.75, 3.05) is 18.1 Å². The Hall–Kier alpha value is -4.49. The first-order valence-corrected chi connectivity index (χ1v) is 15.1. The Morgan fingerprint density at radius 2 is 1.61 bits per heavy atom. The number of hydrogen-bond acceptors (Lipinski definition) is 8. The Kier molecular flexibility index (Phi) is 11.7. The van der Waals surface area contributed by atoms with E-state index in [0.717, 1.165) is 27.9 Å². The highest BCUT2D eigenvalue weighted by atomic mass is 19.1. The molecule has 12 heteroatoms. The SMILES string of the molecule is CCC(O)c1ccc(F)cc1.NC(=O)c1n[nH]c(CCc2ccc(N3C(=O)CC3c3ccc(CCC(O)(CO)CO)cc3)cc2)n1. The van der Waals surface area contributed by atoms with Gasteiger partial charge in [0.1, 0.15) is 17.2 Å². The second kappa shape index (κ2) is 15.7. The normalized spacial score (nSPS) is 15.1. The highest BCUT2D eigenvalue weighted by molar-refractivity contribution is 6.01. The molecular weight excluding hydrogens is 593 g/mol. The molecule has 2 amide bonds. The first-order chi connectivity index (χ1) is 22.1. The van der Waals surface area contributed by atoms with Gasteiger partial charge in [0.25, 0.3) is 5.91 Å². The molecule has 244 valence electrons. The number of hydrogen-bond donors (Lipinski definition) is 6. The molecule has 0 radical (unpaired) electrons. The fraction of sp³-hybridized carbons (Fsp3) is 0.353. The van der Waals surface area contributed by atoms with Crippen molar-refractivity contribution < 1.29 is 34.4 Å². The molecule has 0 bridgehead atoms. The number of carbonyl (C=O) groups excluding carboxylic acids is 2. The lowest BCUT2D eigenvalue weighted by atomic mass is 9.91. The average molecular weight is 634 g/mol.